The molecule has 2 heterocycles. The number of hydrogen-bond donors (Lipinski definition) is 2. The molecule has 0 spiro atoms. The lowest BCUT2D eigenvalue weighted by atomic mass is 9.93. The van der Waals surface area contributed by atoms with Gasteiger partial charge in [0.25, 0.3) is 0 Å². The van der Waals surface area contributed by atoms with Gasteiger partial charge in [-0.3, -0.25) is 9.59 Å². The maximum absolute atomic E-state index is 12.4. The minimum Gasteiger partial charge on any atom is -0.341 e. The van der Waals surface area contributed by atoms with Crippen molar-refractivity contribution in [3.63, 3.8) is 0 Å². The van der Waals surface area contributed by atoms with E-state index in [0.717, 1.165) is 12.0 Å². The number of amides is 2. The molecule has 25 heavy (non-hydrogen) atoms. The van der Waals surface area contributed by atoms with Crippen molar-refractivity contribution in [2.24, 2.45) is 17.6 Å². The van der Waals surface area contributed by atoms with Gasteiger partial charge in [-0.25, -0.2) is 4.98 Å². The van der Waals surface area contributed by atoms with Crippen LogP contribution < -0.4 is 11.1 Å². The Kier molecular flexibility index (Phi) is 8.32. The zero-order chi connectivity index (χ0) is 17.7. The number of piperidine rings is 1. The molecule has 1 aliphatic rings. The van der Waals surface area contributed by atoms with Crippen LogP contribution in [0, 0.1) is 18.8 Å². The van der Waals surface area contributed by atoms with Gasteiger partial charge in [0.05, 0.1) is 6.04 Å². The number of hydrogen-bond acceptors (Lipinski definition) is 4. The van der Waals surface area contributed by atoms with Gasteiger partial charge in [0.15, 0.2) is 0 Å². The molecular weight excluding hydrogens is 340 g/mol. The first-order valence-electron chi connectivity index (χ1n) is 8.70. The van der Waals surface area contributed by atoms with Crippen LogP contribution in [0.4, 0.5) is 5.82 Å². The van der Waals surface area contributed by atoms with Crippen molar-refractivity contribution < 1.29 is 9.59 Å². The van der Waals surface area contributed by atoms with Gasteiger partial charge < -0.3 is 16.0 Å². The summed E-state index contributed by atoms with van der Waals surface area (Å²) < 4.78 is 0. The summed E-state index contributed by atoms with van der Waals surface area (Å²) in [4.78, 5) is 30.7. The predicted molar refractivity (Wildman–Crippen MR) is 102 cm³/mol. The third-order valence-electron chi connectivity index (χ3n) is 4.88. The Morgan fingerprint density at radius 2 is 2.00 bits per heavy atom. The quantitative estimate of drug-likeness (QED) is 0.835. The average Bonchev–Trinajstić information content (AvgIpc) is 2.61. The van der Waals surface area contributed by atoms with E-state index in [0.29, 0.717) is 31.7 Å². The summed E-state index contributed by atoms with van der Waals surface area (Å²) in [6.45, 7) is 7.16. The summed E-state index contributed by atoms with van der Waals surface area (Å²) in [7, 11) is 0. The van der Waals surface area contributed by atoms with Crippen molar-refractivity contribution >= 4 is 30.0 Å². The van der Waals surface area contributed by atoms with Crippen LogP contribution in [0.2, 0.25) is 0 Å². The molecule has 6 nitrogen and oxygen atoms in total. The van der Waals surface area contributed by atoms with Crippen LogP contribution in [-0.4, -0.2) is 40.8 Å². The van der Waals surface area contributed by atoms with Crippen LogP contribution in [0.3, 0.4) is 0 Å². The van der Waals surface area contributed by atoms with Gasteiger partial charge in [0.1, 0.15) is 5.82 Å². The molecule has 0 aliphatic carbocycles. The van der Waals surface area contributed by atoms with Crippen LogP contribution in [-0.2, 0) is 9.59 Å². The zero-order valence-electron chi connectivity index (χ0n) is 15.2. The Labute approximate surface area is 156 Å². The molecule has 3 N–H and O–H groups in total. The molecule has 2 rings (SSSR count). The van der Waals surface area contributed by atoms with Crippen LogP contribution >= 0.6 is 12.4 Å². The molecule has 0 aromatic carbocycles. The van der Waals surface area contributed by atoms with E-state index in [1.54, 1.807) is 17.2 Å². The Morgan fingerprint density at radius 1 is 1.36 bits per heavy atom. The maximum Gasteiger partial charge on any atom is 0.239 e. The summed E-state index contributed by atoms with van der Waals surface area (Å²) >= 11 is 0. The average molecular weight is 369 g/mol. The number of nitrogens with one attached hydrogen (secondary N) is 1. The Morgan fingerprint density at radius 3 is 2.52 bits per heavy atom. The first-order valence-corrected chi connectivity index (χ1v) is 8.70. The molecule has 1 fully saturated rings. The lowest BCUT2D eigenvalue weighted by Crippen LogP contribution is -2.50. The molecule has 7 heteroatoms. The summed E-state index contributed by atoms with van der Waals surface area (Å²) in [5, 5.41) is 2.85. The van der Waals surface area contributed by atoms with Gasteiger partial charge >= 0.3 is 0 Å². The highest BCUT2D eigenvalue weighted by Gasteiger charge is 2.31. The molecular formula is C18H29ClN4O2. The van der Waals surface area contributed by atoms with E-state index < -0.39 is 6.04 Å². The molecule has 1 saturated heterocycles. The highest BCUT2D eigenvalue weighted by atomic mass is 35.5. The number of rotatable bonds is 5. The maximum atomic E-state index is 12.4. The third kappa shape index (κ3) is 5.68. The van der Waals surface area contributed by atoms with Crippen molar-refractivity contribution in [3.8, 4) is 0 Å². The number of halogens is 1. The van der Waals surface area contributed by atoms with Gasteiger partial charge in [0, 0.05) is 25.2 Å². The lowest BCUT2D eigenvalue weighted by Gasteiger charge is -2.34. The number of nitrogens with zero attached hydrogens (tertiary/aromatic N) is 2. The van der Waals surface area contributed by atoms with E-state index in [1.165, 1.54) is 0 Å². The molecule has 2 amide bonds. The number of pyridine rings is 1. The van der Waals surface area contributed by atoms with E-state index in [2.05, 4.69) is 10.3 Å². The van der Waals surface area contributed by atoms with Gasteiger partial charge in [0.2, 0.25) is 11.8 Å². The highest BCUT2D eigenvalue weighted by Crippen LogP contribution is 2.20. The molecule has 2 atom stereocenters. The standard InChI is InChI=1S/C18H28N4O2.ClH/c1-4-13(3)16(19)18(24)22-9-7-14(8-10-22)17(23)21-15-6-5-12(2)11-20-15;/h5-6,11,13-14,16H,4,7-10,19H2,1-3H3,(H,20,21,23);1H. The van der Waals surface area contributed by atoms with E-state index >= 15 is 0 Å². The second kappa shape index (κ2) is 9.73. The largest absolute Gasteiger partial charge is 0.341 e. The van der Waals surface area contributed by atoms with Crippen LogP contribution in [0.25, 0.3) is 0 Å². The first-order chi connectivity index (χ1) is 11.4. The van der Waals surface area contributed by atoms with Crippen molar-refractivity contribution in [2.45, 2.75) is 46.1 Å². The summed E-state index contributed by atoms with van der Waals surface area (Å²) in [6.07, 6.45) is 3.94. The third-order valence-corrected chi connectivity index (χ3v) is 4.88. The first kappa shape index (κ1) is 21.4. The minimum atomic E-state index is -0.447. The molecule has 0 bridgehead atoms. The number of anilines is 1. The van der Waals surface area contributed by atoms with Gasteiger partial charge in [-0.05, 0) is 37.3 Å². The number of aromatic nitrogens is 1. The monoisotopic (exact) mass is 368 g/mol. The number of nitrogens with two attached hydrogens (primary N) is 1. The summed E-state index contributed by atoms with van der Waals surface area (Å²) in [5.74, 6) is 0.638. The molecule has 0 radical (unpaired) electrons. The zero-order valence-corrected chi connectivity index (χ0v) is 16.0. The Bertz CT molecular complexity index is 571. The van der Waals surface area contributed by atoms with Crippen molar-refractivity contribution in [1.29, 1.82) is 0 Å². The van der Waals surface area contributed by atoms with Crippen molar-refractivity contribution in [2.75, 3.05) is 18.4 Å². The number of carbonyl (C=O) groups is 2. The molecule has 2 unspecified atom stereocenters. The molecule has 0 saturated carbocycles. The van der Waals surface area contributed by atoms with Gasteiger partial charge in [-0.1, -0.05) is 26.3 Å². The van der Waals surface area contributed by atoms with E-state index in [9.17, 15) is 9.59 Å². The predicted octanol–water partition coefficient (Wildman–Crippen LogP) is 2.36. The number of carbonyl (C=O) groups excluding carboxylic acids is 2. The minimum absolute atomic E-state index is 0. The van der Waals surface area contributed by atoms with E-state index in [-0.39, 0.29) is 36.1 Å². The van der Waals surface area contributed by atoms with Gasteiger partial charge in [-0.15, -0.1) is 12.4 Å². The molecule has 1 aromatic rings. The molecule has 140 valence electrons. The van der Waals surface area contributed by atoms with Crippen LogP contribution in [0.5, 0.6) is 0 Å². The van der Waals surface area contributed by atoms with E-state index in [1.807, 2.05) is 26.8 Å². The lowest BCUT2D eigenvalue weighted by molar-refractivity contribution is -0.136. The molecule has 1 aliphatic heterocycles. The van der Waals surface area contributed by atoms with Crippen molar-refractivity contribution in [1.82, 2.24) is 9.88 Å². The van der Waals surface area contributed by atoms with Crippen LogP contribution in [0.1, 0.15) is 38.7 Å². The topological polar surface area (TPSA) is 88.3 Å². The fourth-order valence-electron chi connectivity index (χ4n) is 2.84. The number of aryl methyl sites for hydroxylation is 1. The normalized spacial score (nSPS) is 17.4. The second-order valence-electron chi connectivity index (χ2n) is 6.72. The molecule has 1 aromatic heterocycles. The van der Waals surface area contributed by atoms with E-state index in [4.69, 9.17) is 5.73 Å². The fraction of sp³-hybridized carbons (Fsp3) is 0.611. The van der Waals surface area contributed by atoms with Crippen molar-refractivity contribution in [3.05, 3.63) is 23.9 Å². The second-order valence-corrected chi connectivity index (χ2v) is 6.72. The smallest absolute Gasteiger partial charge is 0.239 e. The highest BCUT2D eigenvalue weighted by molar-refractivity contribution is 5.92. The Hall–Kier alpha value is -1.66. The Balaban J connectivity index is 0.00000312. The summed E-state index contributed by atoms with van der Waals surface area (Å²) in [6, 6.07) is 3.27. The fourth-order valence-corrected chi connectivity index (χ4v) is 2.84. The van der Waals surface area contributed by atoms with Crippen LogP contribution in [0.15, 0.2) is 18.3 Å². The SMILES string of the molecule is CCC(C)C(N)C(=O)N1CCC(C(=O)Nc2ccc(C)cn2)CC1.Cl. The summed E-state index contributed by atoms with van der Waals surface area (Å²) in [5.41, 5.74) is 7.09. The van der Waals surface area contributed by atoms with Gasteiger partial charge in [-0.2, -0.15) is 0 Å². The number of likely N-dealkylation sites (tertiary alicyclic amines) is 1.